The van der Waals surface area contributed by atoms with Crippen molar-refractivity contribution in [2.45, 2.75) is 51.3 Å². The first-order chi connectivity index (χ1) is 16.2. The second-order valence-corrected chi connectivity index (χ2v) is 11.7. The molecule has 0 atom stereocenters. The molecule has 2 aliphatic rings. The number of rotatable bonds is 6. The minimum atomic E-state index is -3.49. The minimum Gasteiger partial charge on any atom is -0.368 e. The van der Waals surface area contributed by atoms with Crippen molar-refractivity contribution in [3.8, 4) is 0 Å². The minimum absolute atomic E-state index is 0.0669. The summed E-state index contributed by atoms with van der Waals surface area (Å²) in [6.07, 6.45) is 3.45. The largest absolute Gasteiger partial charge is 0.368 e. The number of nitrogens with zero attached hydrogens (tertiary/aromatic N) is 2. The van der Waals surface area contributed by atoms with Crippen LogP contribution in [0.1, 0.15) is 42.4 Å². The van der Waals surface area contributed by atoms with E-state index in [9.17, 15) is 13.2 Å². The van der Waals surface area contributed by atoms with Crippen LogP contribution in [0.4, 0.5) is 5.69 Å². The quantitative estimate of drug-likeness (QED) is 0.673. The molecule has 1 saturated heterocycles. The van der Waals surface area contributed by atoms with Gasteiger partial charge in [-0.05, 0) is 81.7 Å². The summed E-state index contributed by atoms with van der Waals surface area (Å²) < 4.78 is 27.9. The molecule has 1 amide bonds. The van der Waals surface area contributed by atoms with Gasteiger partial charge in [-0.3, -0.25) is 4.79 Å². The Bertz CT molecular complexity index is 1100. The van der Waals surface area contributed by atoms with Crippen molar-refractivity contribution in [2.24, 2.45) is 11.8 Å². The third kappa shape index (κ3) is 5.63. The van der Waals surface area contributed by atoms with Gasteiger partial charge in [0, 0.05) is 44.3 Å². The van der Waals surface area contributed by atoms with Gasteiger partial charge in [-0.1, -0.05) is 29.8 Å². The molecule has 2 aromatic carbocycles. The average molecular weight is 484 g/mol. The van der Waals surface area contributed by atoms with E-state index in [1.165, 1.54) is 16.8 Å². The summed E-state index contributed by atoms with van der Waals surface area (Å²) in [5.41, 5.74) is 4.93. The molecule has 184 valence electrons. The van der Waals surface area contributed by atoms with Crippen LogP contribution in [0.25, 0.3) is 0 Å². The summed E-state index contributed by atoms with van der Waals surface area (Å²) in [5, 5.41) is 0. The highest BCUT2D eigenvalue weighted by Gasteiger charge is 2.31. The molecule has 7 heteroatoms. The van der Waals surface area contributed by atoms with E-state index in [-0.39, 0.29) is 17.7 Å². The number of carbonyl (C=O) groups excluding carboxylic acids is 1. The Morgan fingerprint density at radius 3 is 2.21 bits per heavy atom. The fourth-order valence-electron chi connectivity index (χ4n) is 5.15. The van der Waals surface area contributed by atoms with E-state index >= 15 is 0 Å². The third-order valence-electron chi connectivity index (χ3n) is 7.60. The number of hydrogen-bond donors (Lipinski definition) is 1. The summed E-state index contributed by atoms with van der Waals surface area (Å²) in [6.45, 7) is 9.95. The number of amides is 1. The lowest BCUT2D eigenvalue weighted by atomic mass is 9.81. The maximum absolute atomic E-state index is 13.1. The Morgan fingerprint density at radius 2 is 1.56 bits per heavy atom. The van der Waals surface area contributed by atoms with Crippen LogP contribution < -0.4 is 9.62 Å². The van der Waals surface area contributed by atoms with Crippen molar-refractivity contribution in [1.82, 2.24) is 9.62 Å². The van der Waals surface area contributed by atoms with Crippen molar-refractivity contribution in [3.63, 3.8) is 0 Å². The van der Waals surface area contributed by atoms with E-state index in [2.05, 4.69) is 41.7 Å². The van der Waals surface area contributed by atoms with Crippen LogP contribution in [0.5, 0.6) is 0 Å². The maximum Gasteiger partial charge on any atom is 0.240 e. The number of piperazine rings is 1. The first-order valence-corrected chi connectivity index (χ1v) is 13.9. The first kappa shape index (κ1) is 24.7. The van der Waals surface area contributed by atoms with Crippen LogP contribution in [0.2, 0.25) is 0 Å². The van der Waals surface area contributed by atoms with Gasteiger partial charge in [0.05, 0.1) is 4.90 Å². The van der Waals surface area contributed by atoms with Crippen LogP contribution in [-0.4, -0.2) is 51.9 Å². The lowest BCUT2D eigenvalue weighted by Crippen LogP contribution is -2.51. The summed E-state index contributed by atoms with van der Waals surface area (Å²) in [4.78, 5) is 17.9. The molecule has 2 fully saturated rings. The van der Waals surface area contributed by atoms with E-state index < -0.39 is 10.0 Å². The molecular weight excluding hydrogens is 446 g/mol. The second kappa shape index (κ2) is 10.5. The Morgan fingerprint density at radius 1 is 0.912 bits per heavy atom. The molecule has 0 unspecified atom stereocenters. The lowest BCUT2D eigenvalue weighted by Gasteiger charge is -2.39. The van der Waals surface area contributed by atoms with Gasteiger partial charge in [-0.15, -0.1) is 0 Å². The molecule has 34 heavy (non-hydrogen) atoms. The number of benzene rings is 2. The summed E-state index contributed by atoms with van der Waals surface area (Å²) >= 11 is 0. The van der Waals surface area contributed by atoms with Gasteiger partial charge < -0.3 is 9.80 Å². The molecule has 1 saturated carbocycles. The van der Waals surface area contributed by atoms with Crippen LogP contribution >= 0.6 is 0 Å². The molecule has 1 aliphatic carbocycles. The van der Waals surface area contributed by atoms with Crippen molar-refractivity contribution < 1.29 is 13.2 Å². The molecule has 2 aromatic rings. The van der Waals surface area contributed by atoms with Gasteiger partial charge in [-0.2, -0.15) is 0 Å². The number of carbonyl (C=O) groups is 1. The van der Waals surface area contributed by atoms with Crippen molar-refractivity contribution in [3.05, 3.63) is 59.2 Å². The molecule has 1 N–H and O–H groups in total. The van der Waals surface area contributed by atoms with Gasteiger partial charge in [-0.25, -0.2) is 13.1 Å². The standard InChI is InChI=1S/C27H37N3O3S/c1-20-7-13-25(14-8-20)34(32,33)28-19-23-9-11-24(12-10-23)27(31)30-17-15-29(16-18-30)26-6-4-5-21(2)22(26)3/h4-8,13-14,23-24,28H,9-12,15-19H2,1-3H3. The SMILES string of the molecule is Cc1ccc(S(=O)(=O)NCC2CCC(C(=O)N3CCN(c4cccc(C)c4C)CC3)CC2)cc1. The van der Waals surface area contributed by atoms with Gasteiger partial charge in [0.2, 0.25) is 15.9 Å². The van der Waals surface area contributed by atoms with Crippen LogP contribution in [0, 0.1) is 32.6 Å². The summed E-state index contributed by atoms with van der Waals surface area (Å²) in [6, 6.07) is 13.3. The van der Waals surface area contributed by atoms with Crippen LogP contribution in [0.3, 0.4) is 0 Å². The molecule has 4 rings (SSSR count). The third-order valence-corrected chi connectivity index (χ3v) is 9.04. The fourth-order valence-corrected chi connectivity index (χ4v) is 6.26. The zero-order chi connectivity index (χ0) is 24.3. The van der Waals surface area contributed by atoms with Gasteiger partial charge in [0.15, 0.2) is 0 Å². The number of nitrogens with one attached hydrogen (secondary N) is 1. The molecule has 0 aromatic heterocycles. The number of hydrogen-bond acceptors (Lipinski definition) is 4. The van der Waals surface area contributed by atoms with Crippen molar-refractivity contribution in [2.75, 3.05) is 37.6 Å². The average Bonchev–Trinajstić information content (AvgIpc) is 2.85. The Labute approximate surface area is 204 Å². The van der Waals surface area contributed by atoms with E-state index in [1.54, 1.807) is 12.1 Å². The maximum atomic E-state index is 13.1. The molecule has 0 bridgehead atoms. The van der Waals surface area contributed by atoms with E-state index in [0.29, 0.717) is 11.4 Å². The predicted molar refractivity (Wildman–Crippen MR) is 137 cm³/mol. The van der Waals surface area contributed by atoms with Gasteiger partial charge >= 0.3 is 0 Å². The zero-order valence-electron chi connectivity index (χ0n) is 20.6. The monoisotopic (exact) mass is 483 g/mol. The number of anilines is 1. The zero-order valence-corrected chi connectivity index (χ0v) is 21.4. The summed E-state index contributed by atoms with van der Waals surface area (Å²) in [7, 11) is -3.49. The van der Waals surface area contributed by atoms with Crippen LogP contribution in [-0.2, 0) is 14.8 Å². The lowest BCUT2D eigenvalue weighted by molar-refractivity contribution is -0.137. The molecule has 1 aliphatic heterocycles. The van der Waals surface area contributed by atoms with E-state index in [1.807, 2.05) is 24.0 Å². The van der Waals surface area contributed by atoms with Gasteiger partial charge in [0.25, 0.3) is 0 Å². The number of aryl methyl sites for hydroxylation is 2. The Hall–Kier alpha value is -2.38. The highest BCUT2D eigenvalue weighted by atomic mass is 32.2. The normalized spacial score (nSPS) is 21.5. The highest BCUT2D eigenvalue weighted by molar-refractivity contribution is 7.89. The molecule has 0 spiro atoms. The summed E-state index contributed by atoms with van der Waals surface area (Å²) in [5.74, 6) is 0.627. The molecule has 1 heterocycles. The first-order valence-electron chi connectivity index (χ1n) is 12.4. The fraction of sp³-hybridized carbons (Fsp3) is 0.519. The molecule has 0 radical (unpaired) electrons. The van der Waals surface area contributed by atoms with Gasteiger partial charge in [0.1, 0.15) is 0 Å². The molecular formula is C27H37N3O3S. The molecule has 6 nitrogen and oxygen atoms in total. The van der Waals surface area contributed by atoms with E-state index in [0.717, 1.165) is 57.4 Å². The smallest absolute Gasteiger partial charge is 0.240 e. The van der Waals surface area contributed by atoms with Crippen molar-refractivity contribution in [1.29, 1.82) is 0 Å². The van der Waals surface area contributed by atoms with Crippen LogP contribution in [0.15, 0.2) is 47.4 Å². The Balaban J connectivity index is 1.23. The highest BCUT2D eigenvalue weighted by Crippen LogP contribution is 2.31. The predicted octanol–water partition coefficient (Wildman–Crippen LogP) is 4.05. The number of sulfonamides is 1. The van der Waals surface area contributed by atoms with Crippen molar-refractivity contribution >= 4 is 21.6 Å². The second-order valence-electron chi connectivity index (χ2n) is 9.91. The topological polar surface area (TPSA) is 69.7 Å². The van der Waals surface area contributed by atoms with E-state index in [4.69, 9.17) is 0 Å². The Kier molecular flexibility index (Phi) is 7.63.